The minimum absolute atomic E-state index is 0. The topological polar surface area (TPSA) is 104 Å². The van der Waals surface area contributed by atoms with Crippen LogP contribution in [0.2, 0.25) is 0 Å². The number of hydrogen-bond donors (Lipinski definition) is 0. The van der Waals surface area contributed by atoms with Gasteiger partial charge in [-0.25, -0.2) is 0 Å². The number of hydrogen-bond acceptors (Lipinski definition) is 5. The summed E-state index contributed by atoms with van der Waals surface area (Å²) < 4.78 is 36.3. The molecule has 0 aliphatic carbocycles. The van der Waals surface area contributed by atoms with Crippen molar-refractivity contribution in [3.05, 3.63) is 0 Å². The summed E-state index contributed by atoms with van der Waals surface area (Å²) in [4.78, 5) is 0. The first-order valence-electron chi connectivity index (χ1n) is 1.56. The summed E-state index contributed by atoms with van der Waals surface area (Å²) in [5.41, 5.74) is 0. The van der Waals surface area contributed by atoms with Crippen LogP contribution < -0.4 is 59.1 Å². The van der Waals surface area contributed by atoms with Gasteiger partial charge in [-0.1, -0.05) is 0 Å². The van der Waals surface area contributed by atoms with Crippen molar-refractivity contribution in [3.8, 4) is 6.07 Å². The van der Waals surface area contributed by atoms with Crippen molar-refractivity contribution in [3.63, 3.8) is 0 Å². The van der Waals surface area contributed by atoms with Crippen molar-refractivity contribution in [2.45, 2.75) is 6.92 Å². The summed E-state index contributed by atoms with van der Waals surface area (Å²) >= 11 is 0. The van der Waals surface area contributed by atoms with Crippen molar-refractivity contribution < 1.29 is 76.6 Å². The Kier molecular flexibility index (Phi) is 37.0. The normalized spacial score (nSPS) is 11.5. The van der Waals surface area contributed by atoms with E-state index in [1.807, 2.05) is 0 Å². The smallest absolute Gasteiger partial charge is 0.763 e. The van der Waals surface area contributed by atoms with E-state index in [9.17, 15) is 0 Å². The first-order chi connectivity index (χ1) is 4.06. The molecule has 0 bridgehead atoms. The minimum Gasteiger partial charge on any atom is -0.763 e. The van der Waals surface area contributed by atoms with Crippen LogP contribution >= 0.6 is 0 Å². The van der Waals surface area contributed by atoms with Crippen LogP contribution in [0.15, 0.2) is 0 Å². The first-order valence-corrected chi connectivity index (χ1v) is 4.22. The third-order valence-electron chi connectivity index (χ3n) is 0.111. The van der Waals surface area contributed by atoms with Gasteiger partial charge in [0.1, 0.15) is 0 Å². The molecule has 0 radical (unpaired) electrons. The van der Waals surface area contributed by atoms with Crippen LogP contribution in [0.25, 0.3) is 0 Å². The second-order valence-electron chi connectivity index (χ2n) is 0.632. The van der Waals surface area contributed by atoms with Crippen molar-refractivity contribution in [2.75, 3.05) is 0 Å². The molecule has 0 heterocycles. The van der Waals surface area contributed by atoms with Crippen molar-refractivity contribution in [2.24, 2.45) is 0 Å². The molecule has 0 aromatic rings. The second-order valence-corrected chi connectivity index (χ2v) is 3.08. The molecule has 0 aliphatic heterocycles. The third-order valence-corrected chi connectivity index (χ3v) is 1.00. The SMILES string of the molecule is CC#N.O=S([O-])S(=O)[O-].[Na+].[Na+]. The third kappa shape index (κ3) is 33.9. The zero-order valence-corrected chi connectivity index (χ0v) is 12.0. The van der Waals surface area contributed by atoms with Crippen LogP contribution in [0.1, 0.15) is 6.92 Å². The molecular formula is C2H3NNa2O4S2. The fourth-order valence-electron chi connectivity index (χ4n) is 0. The maximum absolute atomic E-state index is 9.09. The van der Waals surface area contributed by atoms with Gasteiger partial charge in [0.2, 0.25) is 0 Å². The first kappa shape index (κ1) is 23.0. The zero-order valence-electron chi connectivity index (χ0n) is 6.40. The molecule has 11 heavy (non-hydrogen) atoms. The maximum Gasteiger partial charge on any atom is 1.00 e. The van der Waals surface area contributed by atoms with Crippen LogP contribution in [0.5, 0.6) is 0 Å². The van der Waals surface area contributed by atoms with Crippen LogP contribution in [0, 0.1) is 11.3 Å². The van der Waals surface area contributed by atoms with E-state index in [2.05, 4.69) is 0 Å². The minimum atomic E-state index is -2.95. The van der Waals surface area contributed by atoms with Gasteiger partial charge in [0, 0.05) is 27.1 Å². The largest absolute Gasteiger partial charge is 1.00 e. The Balaban J connectivity index is -0.0000000437. The van der Waals surface area contributed by atoms with Gasteiger partial charge in [0.05, 0.1) is 6.07 Å². The number of nitriles is 1. The molecule has 0 aliphatic rings. The summed E-state index contributed by atoms with van der Waals surface area (Å²) in [5.74, 6) is 0. The van der Waals surface area contributed by atoms with Gasteiger partial charge in [-0.2, -0.15) is 5.26 Å². The maximum atomic E-state index is 9.09. The predicted octanol–water partition coefficient (Wildman–Crippen LogP) is -6.80. The molecule has 0 aromatic heterocycles. The predicted molar refractivity (Wildman–Crippen MR) is 29.1 cm³/mol. The molecule has 0 amide bonds. The van der Waals surface area contributed by atoms with Crippen molar-refractivity contribution in [1.82, 2.24) is 0 Å². The summed E-state index contributed by atoms with van der Waals surface area (Å²) in [6.45, 7) is 1.43. The zero-order chi connectivity index (χ0) is 7.86. The molecular weight excluding hydrogens is 212 g/mol. The van der Waals surface area contributed by atoms with Gasteiger partial charge in [0.25, 0.3) is 0 Å². The Morgan fingerprint density at radius 3 is 1.27 bits per heavy atom. The average Bonchev–Trinajstić information content (AvgIpc) is 1.68. The summed E-state index contributed by atoms with van der Waals surface area (Å²) in [6.07, 6.45) is 0. The quantitative estimate of drug-likeness (QED) is 0.245. The fourth-order valence-corrected chi connectivity index (χ4v) is 0. The number of rotatable bonds is 1. The van der Waals surface area contributed by atoms with Crippen LogP contribution in [0.3, 0.4) is 0 Å². The summed E-state index contributed by atoms with van der Waals surface area (Å²) in [5, 5.41) is 7.32. The van der Waals surface area contributed by atoms with Gasteiger partial charge < -0.3 is 9.11 Å². The van der Waals surface area contributed by atoms with Gasteiger partial charge in [0.15, 0.2) is 0 Å². The van der Waals surface area contributed by atoms with E-state index in [0.29, 0.717) is 0 Å². The molecule has 54 valence electrons. The fraction of sp³-hybridized carbons (Fsp3) is 0.500. The van der Waals surface area contributed by atoms with Gasteiger partial charge >= 0.3 is 59.1 Å². The van der Waals surface area contributed by atoms with Crippen LogP contribution in [-0.2, 0) is 20.2 Å². The monoisotopic (exact) mass is 215 g/mol. The molecule has 0 saturated carbocycles. The molecule has 2 atom stereocenters. The molecule has 0 fully saturated rings. The molecule has 0 spiro atoms. The van der Waals surface area contributed by atoms with Gasteiger partial charge in [-0.15, -0.1) is 0 Å². The van der Waals surface area contributed by atoms with E-state index in [1.165, 1.54) is 6.92 Å². The Bertz CT molecular complexity index is 145. The Hall–Kier alpha value is 1.71. The second kappa shape index (κ2) is 17.7. The van der Waals surface area contributed by atoms with Gasteiger partial charge in [-0.05, 0) is 0 Å². The average molecular weight is 215 g/mol. The Morgan fingerprint density at radius 2 is 1.27 bits per heavy atom. The Labute approximate surface area is 113 Å². The van der Waals surface area contributed by atoms with E-state index in [0.717, 1.165) is 0 Å². The molecule has 0 aromatic carbocycles. The van der Waals surface area contributed by atoms with Crippen LogP contribution in [-0.4, -0.2) is 17.5 Å². The molecule has 5 nitrogen and oxygen atoms in total. The van der Waals surface area contributed by atoms with Gasteiger partial charge in [-0.3, -0.25) is 8.42 Å². The van der Waals surface area contributed by atoms with E-state index < -0.39 is 20.2 Å². The number of nitrogens with zero attached hydrogens (tertiary/aromatic N) is 1. The van der Waals surface area contributed by atoms with E-state index in [1.54, 1.807) is 6.07 Å². The van der Waals surface area contributed by atoms with E-state index in [-0.39, 0.29) is 59.1 Å². The molecule has 0 rings (SSSR count). The van der Waals surface area contributed by atoms with Crippen molar-refractivity contribution in [1.29, 1.82) is 5.26 Å². The molecule has 2 unspecified atom stereocenters. The molecule has 0 saturated heterocycles. The van der Waals surface area contributed by atoms with E-state index >= 15 is 0 Å². The Morgan fingerprint density at radius 1 is 1.18 bits per heavy atom. The standard InChI is InChI=1S/C2H3N.2Na.H2O4S2/c1-2-3;;;1-5(2)6(3)4/h1H3;;;(H,1,2)(H,3,4)/q;2*+1;/p-2. The molecule has 9 heteroatoms. The van der Waals surface area contributed by atoms with Crippen LogP contribution in [0.4, 0.5) is 0 Å². The molecule has 0 N–H and O–H groups in total. The van der Waals surface area contributed by atoms with E-state index in [4.69, 9.17) is 22.8 Å². The summed E-state index contributed by atoms with van der Waals surface area (Å²) in [7, 11) is -5.90. The summed E-state index contributed by atoms with van der Waals surface area (Å²) in [6, 6.07) is 1.75. The van der Waals surface area contributed by atoms with Crippen molar-refractivity contribution >= 4 is 20.2 Å².